The molecule has 1 spiro atoms. The summed E-state index contributed by atoms with van der Waals surface area (Å²) in [5, 5.41) is 3.58. The minimum Gasteiger partial charge on any atom is -0.383 e. The third-order valence-electron chi connectivity index (χ3n) is 7.97. The van der Waals surface area contributed by atoms with Crippen molar-refractivity contribution in [2.75, 3.05) is 31.9 Å². The number of nitrogens with one attached hydrogen (secondary N) is 1. The van der Waals surface area contributed by atoms with Crippen molar-refractivity contribution in [1.82, 2.24) is 29.7 Å². The normalized spacial score (nSPS) is 18.6. The largest absolute Gasteiger partial charge is 0.383 e. The third-order valence-corrected chi connectivity index (χ3v) is 7.97. The highest BCUT2D eigenvalue weighted by Gasteiger charge is 2.39. The number of hydrogen-bond acceptors (Lipinski definition) is 6. The van der Waals surface area contributed by atoms with Gasteiger partial charge in [-0.15, -0.1) is 6.58 Å². The maximum Gasteiger partial charge on any atom is 0.162 e. The second kappa shape index (κ2) is 9.48. The first-order chi connectivity index (χ1) is 17.7. The first kappa shape index (κ1) is 22.9. The number of rotatable bonds is 6. The minimum atomic E-state index is 0.0485. The maximum absolute atomic E-state index is 6.37. The summed E-state index contributed by atoms with van der Waals surface area (Å²) in [7, 11) is 0. The zero-order valence-corrected chi connectivity index (χ0v) is 20.6. The summed E-state index contributed by atoms with van der Waals surface area (Å²) in [6, 6.07) is 18.3. The van der Waals surface area contributed by atoms with Crippen molar-refractivity contribution in [2.24, 2.45) is 5.41 Å². The highest BCUT2D eigenvalue weighted by Crippen LogP contribution is 2.41. The first-order valence-electron chi connectivity index (χ1n) is 12.9. The lowest BCUT2D eigenvalue weighted by atomic mass is 9.77. The number of imidazole rings is 1. The van der Waals surface area contributed by atoms with E-state index >= 15 is 0 Å². The number of likely N-dealkylation sites (tertiary alicyclic amines) is 1. The van der Waals surface area contributed by atoms with Crippen LogP contribution in [0.4, 0.5) is 5.82 Å². The zero-order chi connectivity index (χ0) is 24.5. The van der Waals surface area contributed by atoms with E-state index in [-0.39, 0.29) is 6.17 Å². The Morgan fingerprint density at radius 2 is 1.86 bits per heavy atom. The summed E-state index contributed by atoms with van der Waals surface area (Å²) in [5.41, 5.74) is 11.4. The van der Waals surface area contributed by atoms with E-state index in [9.17, 15) is 0 Å². The topological polar surface area (TPSA) is 84.9 Å². The molecule has 0 bridgehead atoms. The molecule has 7 heteroatoms. The van der Waals surface area contributed by atoms with Crippen molar-refractivity contribution >= 4 is 17.0 Å². The molecule has 3 N–H and O–H groups in total. The highest BCUT2D eigenvalue weighted by molar-refractivity contribution is 5.82. The zero-order valence-electron chi connectivity index (χ0n) is 20.6. The molecule has 1 unspecified atom stereocenters. The van der Waals surface area contributed by atoms with Gasteiger partial charge in [0.2, 0.25) is 0 Å². The summed E-state index contributed by atoms with van der Waals surface area (Å²) < 4.78 is 2.28. The van der Waals surface area contributed by atoms with Crippen molar-refractivity contribution in [3.63, 3.8) is 0 Å². The third kappa shape index (κ3) is 4.08. The molecule has 0 saturated carbocycles. The van der Waals surface area contributed by atoms with E-state index in [1.807, 2.05) is 42.5 Å². The Morgan fingerprint density at radius 3 is 2.58 bits per heavy atom. The number of anilines is 1. The molecule has 5 heterocycles. The lowest BCUT2D eigenvalue weighted by molar-refractivity contribution is 0.0576. The fourth-order valence-corrected chi connectivity index (χ4v) is 5.91. The molecule has 3 aromatic heterocycles. The van der Waals surface area contributed by atoms with Gasteiger partial charge < -0.3 is 11.1 Å². The van der Waals surface area contributed by atoms with Gasteiger partial charge in [0.05, 0.1) is 17.4 Å². The van der Waals surface area contributed by atoms with Crippen molar-refractivity contribution < 1.29 is 0 Å². The monoisotopic (exact) mass is 479 g/mol. The first-order valence-corrected chi connectivity index (χ1v) is 12.9. The average molecular weight is 480 g/mol. The molecule has 0 radical (unpaired) electrons. The van der Waals surface area contributed by atoms with E-state index in [0.717, 1.165) is 66.4 Å². The van der Waals surface area contributed by atoms with Crippen molar-refractivity contribution in [3.05, 3.63) is 73.4 Å². The van der Waals surface area contributed by atoms with Crippen LogP contribution in [0.3, 0.4) is 0 Å². The molecule has 36 heavy (non-hydrogen) atoms. The van der Waals surface area contributed by atoms with Gasteiger partial charge in [0.15, 0.2) is 5.65 Å². The van der Waals surface area contributed by atoms with Crippen molar-refractivity contribution in [3.8, 4) is 22.6 Å². The summed E-state index contributed by atoms with van der Waals surface area (Å²) >= 11 is 0. The molecule has 4 aromatic rings. The molecule has 0 aliphatic carbocycles. The summed E-state index contributed by atoms with van der Waals surface area (Å²) in [4.78, 5) is 17.2. The van der Waals surface area contributed by atoms with Gasteiger partial charge in [0.25, 0.3) is 0 Å². The molecular weight excluding hydrogens is 446 g/mol. The molecule has 2 aliphatic heterocycles. The smallest absolute Gasteiger partial charge is 0.162 e. The summed E-state index contributed by atoms with van der Waals surface area (Å²) in [6.45, 7) is 8.47. The van der Waals surface area contributed by atoms with Crippen LogP contribution in [0.2, 0.25) is 0 Å². The Bertz CT molecular complexity index is 1360. The van der Waals surface area contributed by atoms with E-state index < -0.39 is 0 Å². The molecule has 2 aliphatic rings. The predicted octanol–water partition coefficient (Wildman–Crippen LogP) is 4.89. The van der Waals surface area contributed by atoms with Crippen LogP contribution in [0.1, 0.15) is 31.8 Å². The lowest BCUT2D eigenvalue weighted by Gasteiger charge is -2.43. The van der Waals surface area contributed by atoms with Crippen LogP contribution >= 0.6 is 0 Å². The number of nitrogens with two attached hydrogens (primary N) is 1. The second-order valence-electron chi connectivity index (χ2n) is 10.1. The Balaban J connectivity index is 1.49. The summed E-state index contributed by atoms with van der Waals surface area (Å²) in [5.74, 6) is 1.28. The number of hydrogen-bond donors (Lipinski definition) is 2. The van der Waals surface area contributed by atoms with Crippen LogP contribution in [0, 0.1) is 5.41 Å². The standard InChI is InChI=1S/C29H33N7/c1-2-7-25(35-18-14-29(15-19-35)13-17-31-20-29)36-27(22-10-6-16-32-26(22)30)34-24-12-11-23(33-28(24)36)21-8-4-3-5-9-21/h2-6,8-12,16,25,31H,1,7,13-15,17-20H2,(H2,30,32). The van der Waals surface area contributed by atoms with Gasteiger partial charge >= 0.3 is 0 Å². The highest BCUT2D eigenvalue weighted by atomic mass is 15.3. The van der Waals surface area contributed by atoms with Gasteiger partial charge in [-0.3, -0.25) is 9.47 Å². The van der Waals surface area contributed by atoms with Crippen LogP contribution in [0.15, 0.2) is 73.4 Å². The molecule has 7 nitrogen and oxygen atoms in total. The fraction of sp³-hybridized carbons (Fsp3) is 0.345. The quantitative estimate of drug-likeness (QED) is 0.383. The summed E-state index contributed by atoms with van der Waals surface area (Å²) in [6.07, 6.45) is 8.25. The van der Waals surface area contributed by atoms with Crippen molar-refractivity contribution in [1.29, 1.82) is 0 Å². The molecule has 6 rings (SSSR count). The van der Waals surface area contributed by atoms with Gasteiger partial charge in [-0.2, -0.15) is 0 Å². The molecule has 0 amide bonds. The maximum atomic E-state index is 6.37. The minimum absolute atomic E-state index is 0.0485. The number of aromatic nitrogens is 4. The van der Waals surface area contributed by atoms with Gasteiger partial charge in [-0.1, -0.05) is 36.4 Å². The number of benzene rings is 1. The van der Waals surface area contributed by atoms with Crippen LogP contribution in [0.5, 0.6) is 0 Å². The molecule has 1 atom stereocenters. The number of fused-ring (bicyclic) bond motifs is 1. The van der Waals surface area contributed by atoms with Gasteiger partial charge in [0.1, 0.15) is 17.2 Å². The predicted molar refractivity (Wildman–Crippen MR) is 145 cm³/mol. The van der Waals surface area contributed by atoms with Crippen LogP contribution in [-0.4, -0.2) is 50.6 Å². The van der Waals surface area contributed by atoms with Gasteiger partial charge in [0, 0.05) is 31.4 Å². The number of piperidine rings is 1. The van der Waals surface area contributed by atoms with E-state index in [0.29, 0.717) is 11.2 Å². The molecular formula is C29H33N7. The molecule has 184 valence electrons. The molecule has 1 aromatic carbocycles. The second-order valence-corrected chi connectivity index (χ2v) is 10.1. The number of nitrogen functional groups attached to an aromatic ring is 1. The molecule has 2 fully saturated rings. The van der Waals surface area contributed by atoms with Crippen LogP contribution in [0.25, 0.3) is 33.8 Å². The Kier molecular flexibility index (Phi) is 6.03. The SMILES string of the molecule is C=CCC(N1CCC2(CCNC2)CC1)n1c(-c2cccnc2N)nc2ccc(-c3ccccc3)nc21. The number of pyridine rings is 2. The van der Waals surface area contributed by atoms with Gasteiger partial charge in [-0.05, 0) is 61.9 Å². The van der Waals surface area contributed by atoms with Crippen molar-refractivity contribution in [2.45, 2.75) is 31.8 Å². The Morgan fingerprint density at radius 1 is 1.03 bits per heavy atom. The van der Waals surface area contributed by atoms with E-state index in [4.69, 9.17) is 15.7 Å². The van der Waals surface area contributed by atoms with E-state index in [1.165, 1.54) is 19.3 Å². The van der Waals surface area contributed by atoms with E-state index in [2.05, 4.69) is 44.5 Å². The fourth-order valence-electron chi connectivity index (χ4n) is 5.91. The van der Waals surface area contributed by atoms with Crippen LogP contribution < -0.4 is 11.1 Å². The van der Waals surface area contributed by atoms with Gasteiger partial charge in [-0.25, -0.2) is 15.0 Å². The molecule has 2 saturated heterocycles. The Labute approximate surface area is 212 Å². The van der Waals surface area contributed by atoms with E-state index in [1.54, 1.807) is 6.20 Å². The number of nitrogens with zero attached hydrogens (tertiary/aromatic N) is 5. The Hall–Kier alpha value is -3.55. The lowest BCUT2D eigenvalue weighted by Crippen LogP contribution is -2.44. The van der Waals surface area contributed by atoms with Crippen LogP contribution in [-0.2, 0) is 0 Å². The average Bonchev–Trinajstić information content (AvgIpc) is 3.53.